The lowest BCUT2D eigenvalue weighted by atomic mass is 9.87. The Morgan fingerprint density at radius 3 is 1.91 bits per heavy atom. The van der Waals surface area contributed by atoms with E-state index in [1.165, 1.54) is 0 Å². The van der Waals surface area contributed by atoms with Gasteiger partial charge in [-0.05, 0) is 24.6 Å². The van der Waals surface area contributed by atoms with E-state index in [4.69, 9.17) is 18.0 Å². The van der Waals surface area contributed by atoms with Gasteiger partial charge in [0.15, 0.2) is 5.11 Å². The van der Waals surface area contributed by atoms with E-state index in [9.17, 15) is 0 Å². The lowest BCUT2D eigenvalue weighted by Gasteiger charge is -2.35. The van der Waals surface area contributed by atoms with Gasteiger partial charge in [-0.15, -0.1) is 0 Å². The summed E-state index contributed by atoms with van der Waals surface area (Å²) in [5.74, 6) is 0. The van der Waals surface area contributed by atoms with Crippen molar-refractivity contribution in [1.29, 1.82) is 0 Å². The zero-order chi connectivity index (χ0) is 9.23. The topological polar surface area (TPSA) is 29.3 Å². The first-order valence-corrected chi connectivity index (χ1v) is 4.20. The maximum absolute atomic E-state index is 5.49. The molecule has 0 amide bonds. The van der Waals surface area contributed by atoms with Crippen LogP contribution in [0.4, 0.5) is 0 Å². The van der Waals surface area contributed by atoms with Crippen molar-refractivity contribution >= 4 is 17.3 Å². The van der Waals surface area contributed by atoms with Crippen molar-refractivity contribution in [3.05, 3.63) is 0 Å². The van der Waals surface area contributed by atoms with E-state index in [0.29, 0.717) is 11.2 Å². The van der Waals surface area contributed by atoms with Crippen LogP contribution in [0, 0.1) is 5.41 Å². The van der Waals surface area contributed by atoms with Crippen LogP contribution in [-0.4, -0.2) is 23.1 Å². The Bertz CT molecular complexity index is 149. The van der Waals surface area contributed by atoms with Gasteiger partial charge in [-0.25, -0.2) is 0 Å². The molecule has 0 rings (SSSR count). The van der Waals surface area contributed by atoms with Gasteiger partial charge in [0, 0.05) is 13.1 Å². The predicted molar refractivity (Wildman–Crippen MR) is 53.5 cm³/mol. The van der Waals surface area contributed by atoms with Gasteiger partial charge < -0.3 is 10.6 Å². The van der Waals surface area contributed by atoms with Crippen molar-refractivity contribution in [3.63, 3.8) is 0 Å². The number of nitrogens with two attached hydrogens (primary N) is 1. The zero-order valence-electron chi connectivity index (χ0n) is 8.01. The van der Waals surface area contributed by atoms with Crippen molar-refractivity contribution in [1.82, 2.24) is 4.90 Å². The average molecular weight is 174 g/mol. The molecule has 2 N–H and O–H groups in total. The second-order valence-corrected chi connectivity index (χ2v) is 4.41. The molecule has 0 bridgehead atoms. The van der Waals surface area contributed by atoms with Gasteiger partial charge in [0.1, 0.15) is 0 Å². The van der Waals surface area contributed by atoms with Crippen molar-refractivity contribution in [3.8, 4) is 0 Å². The highest BCUT2D eigenvalue weighted by Gasteiger charge is 2.24. The second kappa shape index (κ2) is 3.39. The van der Waals surface area contributed by atoms with Crippen molar-refractivity contribution in [2.45, 2.75) is 33.7 Å². The van der Waals surface area contributed by atoms with Crippen molar-refractivity contribution < 1.29 is 0 Å². The maximum atomic E-state index is 5.49. The molecule has 0 aliphatic rings. The zero-order valence-corrected chi connectivity index (χ0v) is 8.83. The van der Waals surface area contributed by atoms with E-state index in [1.54, 1.807) is 0 Å². The molecule has 0 fully saturated rings. The SMILES string of the molecule is CC(N(C)C(N)=S)C(C)(C)C. The second-order valence-electron chi connectivity index (χ2n) is 3.99. The Balaban J connectivity index is 4.25. The first kappa shape index (κ1) is 10.7. The molecule has 0 saturated carbocycles. The molecule has 11 heavy (non-hydrogen) atoms. The first-order valence-electron chi connectivity index (χ1n) is 3.79. The molecule has 0 saturated heterocycles. The van der Waals surface area contributed by atoms with Crippen LogP contribution in [0.15, 0.2) is 0 Å². The molecule has 1 unspecified atom stereocenters. The molecule has 0 aromatic heterocycles. The lowest BCUT2D eigenvalue weighted by Crippen LogP contribution is -2.45. The molecule has 0 aromatic carbocycles. The van der Waals surface area contributed by atoms with Gasteiger partial charge in [-0.1, -0.05) is 20.8 Å². The first-order chi connectivity index (χ1) is 4.76. The molecule has 2 nitrogen and oxygen atoms in total. The van der Waals surface area contributed by atoms with Gasteiger partial charge >= 0.3 is 0 Å². The van der Waals surface area contributed by atoms with E-state index in [0.717, 1.165) is 0 Å². The summed E-state index contributed by atoms with van der Waals surface area (Å²) >= 11 is 4.87. The fourth-order valence-electron chi connectivity index (χ4n) is 0.772. The molecule has 66 valence electrons. The molecule has 0 aliphatic carbocycles. The van der Waals surface area contributed by atoms with Crippen LogP contribution >= 0.6 is 12.2 Å². The molecule has 3 heteroatoms. The van der Waals surface area contributed by atoms with Gasteiger partial charge in [0.2, 0.25) is 0 Å². The number of nitrogens with zero attached hydrogens (tertiary/aromatic N) is 1. The standard InChI is InChI=1S/C8H18N2S/c1-6(8(2,3)4)10(5)7(9)11/h6H,1-5H3,(H2,9,11). The van der Waals surface area contributed by atoms with E-state index in [1.807, 2.05) is 11.9 Å². The minimum Gasteiger partial charge on any atom is -0.376 e. The summed E-state index contributed by atoms with van der Waals surface area (Å²) in [6.07, 6.45) is 0. The minimum absolute atomic E-state index is 0.220. The molecule has 0 heterocycles. The van der Waals surface area contributed by atoms with Gasteiger partial charge in [0.25, 0.3) is 0 Å². The van der Waals surface area contributed by atoms with Crippen LogP contribution in [0.2, 0.25) is 0 Å². The Morgan fingerprint density at radius 1 is 1.45 bits per heavy atom. The monoisotopic (exact) mass is 174 g/mol. The van der Waals surface area contributed by atoms with E-state index >= 15 is 0 Å². The molecule has 0 spiro atoms. The van der Waals surface area contributed by atoms with Crippen LogP contribution in [-0.2, 0) is 0 Å². The van der Waals surface area contributed by atoms with Crippen LogP contribution in [0.3, 0.4) is 0 Å². The third-order valence-corrected chi connectivity index (χ3v) is 2.47. The minimum atomic E-state index is 0.220. The Labute approximate surface area is 74.8 Å². The molecule has 0 aromatic rings. The summed E-state index contributed by atoms with van der Waals surface area (Å²) in [5.41, 5.74) is 5.71. The summed E-state index contributed by atoms with van der Waals surface area (Å²) in [4.78, 5) is 1.93. The number of hydrogen-bond acceptors (Lipinski definition) is 1. The normalized spacial score (nSPS) is 14.3. The Kier molecular flexibility index (Phi) is 3.30. The van der Waals surface area contributed by atoms with E-state index in [-0.39, 0.29) is 5.41 Å². The quantitative estimate of drug-likeness (QED) is 0.612. The molecule has 0 radical (unpaired) electrons. The maximum Gasteiger partial charge on any atom is 0.166 e. The van der Waals surface area contributed by atoms with E-state index < -0.39 is 0 Å². The molecular formula is C8H18N2S. The number of thiocarbonyl (C=S) groups is 1. The third kappa shape index (κ3) is 3.06. The smallest absolute Gasteiger partial charge is 0.166 e. The van der Waals surface area contributed by atoms with Crippen LogP contribution in [0.5, 0.6) is 0 Å². The summed E-state index contributed by atoms with van der Waals surface area (Å²) in [6.45, 7) is 8.64. The summed E-state index contributed by atoms with van der Waals surface area (Å²) in [7, 11) is 1.93. The van der Waals surface area contributed by atoms with Gasteiger partial charge in [-0.3, -0.25) is 0 Å². The van der Waals surface area contributed by atoms with Crippen molar-refractivity contribution in [2.24, 2.45) is 11.1 Å². The molecule has 0 aliphatic heterocycles. The van der Waals surface area contributed by atoms with Crippen molar-refractivity contribution in [2.75, 3.05) is 7.05 Å². The van der Waals surface area contributed by atoms with E-state index in [2.05, 4.69) is 27.7 Å². The summed E-state index contributed by atoms with van der Waals surface area (Å²) in [6, 6.07) is 0.375. The fourth-order valence-corrected chi connectivity index (χ4v) is 0.930. The Morgan fingerprint density at radius 2 is 1.82 bits per heavy atom. The highest BCUT2D eigenvalue weighted by Crippen LogP contribution is 2.22. The number of rotatable bonds is 1. The Hall–Kier alpha value is -0.310. The lowest BCUT2D eigenvalue weighted by molar-refractivity contribution is 0.209. The molecular weight excluding hydrogens is 156 g/mol. The summed E-state index contributed by atoms with van der Waals surface area (Å²) < 4.78 is 0. The average Bonchev–Trinajstić information content (AvgIpc) is 1.82. The fraction of sp³-hybridized carbons (Fsp3) is 0.875. The third-order valence-electron chi connectivity index (χ3n) is 2.18. The van der Waals surface area contributed by atoms with Crippen LogP contribution in [0.1, 0.15) is 27.7 Å². The van der Waals surface area contributed by atoms with Crippen LogP contribution in [0.25, 0.3) is 0 Å². The van der Waals surface area contributed by atoms with Gasteiger partial charge in [0.05, 0.1) is 0 Å². The van der Waals surface area contributed by atoms with Crippen LogP contribution < -0.4 is 5.73 Å². The highest BCUT2D eigenvalue weighted by atomic mass is 32.1. The summed E-state index contributed by atoms with van der Waals surface area (Å²) in [5, 5.41) is 0.465. The van der Waals surface area contributed by atoms with Gasteiger partial charge in [-0.2, -0.15) is 0 Å². The number of hydrogen-bond donors (Lipinski definition) is 1. The molecule has 1 atom stereocenters. The largest absolute Gasteiger partial charge is 0.376 e. The predicted octanol–water partition coefficient (Wildman–Crippen LogP) is 1.60. The highest BCUT2D eigenvalue weighted by molar-refractivity contribution is 7.80.